The Morgan fingerprint density at radius 2 is 1.62 bits per heavy atom. The van der Waals surface area contributed by atoms with Gasteiger partial charge in [-0.15, -0.1) is 0 Å². The van der Waals surface area contributed by atoms with E-state index < -0.39 is 13.8 Å². The summed E-state index contributed by atoms with van der Waals surface area (Å²) < 4.78 is 0. The molecule has 0 heterocycles. The number of carbonyl (C=O) groups excluding carboxylic acids is 1. The maximum Gasteiger partial charge on any atom is 3.00 e. The van der Waals surface area contributed by atoms with Gasteiger partial charge < -0.3 is 35.3 Å². The zero-order valence-corrected chi connectivity index (χ0v) is 18.3. The molecule has 119 valence electrons. The molecule has 0 aromatic rings. The van der Waals surface area contributed by atoms with Crippen LogP contribution in [0.5, 0.6) is 0 Å². The summed E-state index contributed by atoms with van der Waals surface area (Å²) in [4.78, 5) is 12.1. The van der Waals surface area contributed by atoms with Gasteiger partial charge in [0.1, 0.15) is 0 Å². The predicted molar refractivity (Wildman–Crippen MR) is 81.4 cm³/mol. The summed E-state index contributed by atoms with van der Waals surface area (Å²) in [6, 6.07) is 0. The van der Waals surface area contributed by atoms with Crippen LogP contribution in [-0.4, -0.2) is 14.7 Å². The molecule has 0 fully saturated rings. The molecule has 2 unspecified atom stereocenters. The Balaban J connectivity index is -0.00000108. The third-order valence-electron chi connectivity index (χ3n) is 5.07. The van der Waals surface area contributed by atoms with E-state index in [2.05, 4.69) is 47.7 Å². The molecular weight excluding hydrogens is 357 g/mol. The second kappa shape index (κ2) is 9.57. The first-order chi connectivity index (χ1) is 8.21. The summed E-state index contributed by atoms with van der Waals surface area (Å²) >= 11 is 0. The van der Waals surface area contributed by atoms with E-state index in [1.54, 1.807) is 0 Å². The van der Waals surface area contributed by atoms with Crippen molar-refractivity contribution in [3.8, 4) is 0 Å². The van der Waals surface area contributed by atoms with Gasteiger partial charge in [0.05, 0.1) is 5.91 Å². The molecule has 2 atom stereocenters. The number of hydrogen-bond donors (Lipinski definition) is 0. The maximum absolute atomic E-state index is 12.1. The Kier molecular flexibility index (Phi) is 12.0. The molecule has 1 amide bonds. The molecule has 0 saturated heterocycles. The average molecular weight is 383 g/mol. The molecule has 2 nitrogen and oxygen atoms in total. The van der Waals surface area contributed by atoms with Crippen LogP contribution in [0.2, 0.25) is 18.1 Å². The van der Waals surface area contributed by atoms with Crippen LogP contribution in [0.25, 0.3) is 5.73 Å². The van der Waals surface area contributed by atoms with Crippen LogP contribution >= 0.6 is 0 Å². The van der Waals surface area contributed by atoms with E-state index in [9.17, 15) is 4.79 Å². The molecule has 6 heteroatoms. The standard InChI is InChI=1S/C15H27NOSi.2ClH.Ti/c1-8-15(14(16)17,18(6)7)13-11(4)9(2)10(3)12(13)5;;;/h11,18H,8H2,1-7H3,(H2,16,17);2*1H;/q;;;+3/p-3. The van der Waals surface area contributed by atoms with Gasteiger partial charge in [-0.1, -0.05) is 38.1 Å². The summed E-state index contributed by atoms with van der Waals surface area (Å²) in [5.74, 6) is -0.0375. The number of nitrogens with one attached hydrogen (secondary N) is 1. The minimum absolute atomic E-state index is 0. The van der Waals surface area contributed by atoms with Crippen molar-refractivity contribution in [2.75, 3.05) is 0 Å². The van der Waals surface area contributed by atoms with E-state index in [-0.39, 0.29) is 52.4 Å². The van der Waals surface area contributed by atoms with Gasteiger partial charge >= 0.3 is 21.7 Å². The van der Waals surface area contributed by atoms with E-state index >= 15 is 0 Å². The second-order valence-corrected chi connectivity index (χ2v) is 9.17. The molecule has 1 N–H and O–H groups in total. The average Bonchev–Trinajstić information content (AvgIpc) is 2.47. The first-order valence-electron chi connectivity index (χ1n) is 6.86. The SMILES string of the molecule is CCC(C([NH-])=O)(C1=C(C)C(C)=C(C)C1C)[SiH](C)C.[Cl-].[Cl-].[Ti+3]. The molecule has 0 spiro atoms. The number of hydrogen-bond acceptors (Lipinski definition) is 1. The normalized spacial score (nSPS) is 20.5. The molecular formula is C15H26Cl2NOSiTi. The quantitative estimate of drug-likeness (QED) is 0.546. The van der Waals surface area contributed by atoms with E-state index in [4.69, 9.17) is 5.73 Å². The molecule has 1 rings (SSSR count). The first kappa shape index (κ1) is 26.4. The van der Waals surface area contributed by atoms with Gasteiger partial charge in [0, 0.05) is 13.8 Å². The van der Waals surface area contributed by atoms with Gasteiger partial charge in [0.15, 0.2) is 0 Å². The van der Waals surface area contributed by atoms with Crippen molar-refractivity contribution in [2.45, 2.75) is 59.2 Å². The van der Waals surface area contributed by atoms with Crippen LogP contribution in [0.4, 0.5) is 0 Å². The Morgan fingerprint density at radius 3 is 1.81 bits per heavy atom. The van der Waals surface area contributed by atoms with Gasteiger partial charge in [-0.25, -0.2) is 0 Å². The second-order valence-electron chi connectivity index (χ2n) is 5.88. The molecule has 1 aliphatic carbocycles. The van der Waals surface area contributed by atoms with Gasteiger partial charge in [-0.3, -0.25) is 0 Å². The summed E-state index contributed by atoms with van der Waals surface area (Å²) in [5, 5.41) is -0.470. The first-order valence-corrected chi connectivity index (χ1v) is 9.75. The maximum atomic E-state index is 12.1. The van der Waals surface area contributed by atoms with Crippen molar-refractivity contribution >= 4 is 14.7 Å². The van der Waals surface area contributed by atoms with Crippen molar-refractivity contribution in [1.29, 1.82) is 0 Å². The topological polar surface area (TPSA) is 40.9 Å². The number of rotatable bonds is 4. The van der Waals surface area contributed by atoms with E-state index in [1.165, 1.54) is 22.3 Å². The van der Waals surface area contributed by atoms with Gasteiger partial charge in [-0.2, -0.15) is 0 Å². The molecule has 0 bridgehead atoms. The zero-order chi connectivity index (χ0) is 14.2. The van der Waals surface area contributed by atoms with Crippen molar-refractivity contribution in [2.24, 2.45) is 5.92 Å². The Morgan fingerprint density at radius 1 is 1.19 bits per heavy atom. The molecule has 0 aliphatic heterocycles. The summed E-state index contributed by atoms with van der Waals surface area (Å²) in [6.45, 7) is 15.1. The number of amides is 1. The third kappa shape index (κ3) is 4.06. The fraction of sp³-hybridized carbons (Fsp3) is 0.667. The third-order valence-corrected chi connectivity index (χ3v) is 8.02. The Labute approximate surface area is 158 Å². The zero-order valence-electron chi connectivity index (χ0n) is 14.0. The van der Waals surface area contributed by atoms with E-state index in [0.29, 0.717) is 5.92 Å². The van der Waals surface area contributed by atoms with Gasteiger partial charge in [-0.05, 0) is 44.3 Å². The number of allylic oxidation sites excluding steroid dienone is 3. The van der Waals surface area contributed by atoms with E-state index in [0.717, 1.165) is 6.42 Å². The van der Waals surface area contributed by atoms with Crippen molar-refractivity contribution in [1.82, 2.24) is 0 Å². The van der Waals surface area contributed by atoms with Crippen LogP contribution in [-0.2, 0) is 26.5 Å². The molecule has 21 heavy (non-hydrogen) atoms. The monoisotopic (exact) mass is 382 g/mol. The largest absolute Gasteiger partial charge is 3.00 e. The van der Waals surface area contributed by atoms with Gasteiger partial charge in [0.2, 0.25) is 0 Å². The fourth-order valence-corrected chi connectivity index (χ4v) is 5.97. The summed E-state index contributed by atoms with van der Waals surface area (Å²) in [7, 11) is -1.29. The fourth-order valence-electron chi connectivity index (χ4n) is 3.54. The Hall–Kier alpha value is 0.461. The molecule has 1 radical (unpaired) electrons. The van der Waals surface area contributed by atoms with Crippen LogP contribution < -0.4 is 24.8 Å². The van der Waals surface area contributed by atoms with E-state index in [1.807, 2.05) is 0 Å². The van der Waals surface area contributed by atoms with Crippen molar-refractivity contribution < 1.29 is 51.3 Å². The van der Waals surface area contributed by atoms with Crippen LogP contribution in [0.3, 0.4) is 0 Å². The minimum atomic E-state index is -1.29. The summed E-state index contributed by atoms with van der Waals surface area (Å²) in [5.41, 5.74) is 13.0. The molecule has 0 aromatic heterocycles. The smallest absolute Gasteiger partial charge is 1.00 e. The number of halogens is 2. The molecule has 0 saturated carbocycles. The summed E-state index contributed by atoms with van der Waals surface area (Å²) in [6.07, 6.45) is 0.775. The predicted octanol–water partition coefficient (Wildman–Crippen LogP) is -1.49. The molecule has 0 aromatic carbocycles. The van der Waals surface area contributed by atoms with Crippen LogP contribution in [0, 0.1) is 5.92 Å². The van der Waals surface area contributed by atoms with Crippen LogP contribution in [0.15, 0.2) is 22.3 Å². The number of carbonyl (C=O) groups is 1. The minimum Gasteiger partial charge on any atom is -1.00 e. The van der Waals surface area contributed by atoms with Gasteiger partial charge in [0.25, 0.3) is 0 Å². The Bertz CT molecular complexity index is 449. The van der Waals surface area contributed by atoms with Crippen LogP contribution in [0.1, 0.15) is 41.0 Å². The van der Waals surface area contributed by atoms with Crippen molar-refractivity contribution in [3.05, 3.63) is 28.0 Å². The molecule has 1 aliphatic rings. The van der Waals surface area contributed by atoms with Crippen molar-refractivity contribution in [3.63, 3.8) is 0 Å².